The van der Waals surface area contributed by atoms with Gasteiger partial charge in [0.15, 0.2) is 0 Å². The maximum atomic E-state index is 13.0. The zero-order chi connectivity index (χ0) is 17.4. The Hall–Kier alpha value is -1.27. The van der Waals surface area contributed by atoms with E-state index in [0.717, 1.165) is 31.2 Å². The third-order valence-electron chi connectivity index (χ3n) is 4.88. The van der Waals surface area contributed by atoms with Crippen molar-refractivity contribution in [3.63, 3.8) is 0 Å². The number of alkyl halides is 3. The van der Waals surface area contributed by atoms with Crippen LogP contribution < -0.4 is 0 Å². The Morgan fingerprint density at radius 1 is 1.21 bits per heavy atom. The topological polar surface area (TPSA) is 29.5 Å². The number of rotatable bonds is 4. The molecule has 1 aromatic rings. The van der Waals surface area contributed by atoms with Crippen molar-refractivity contribution in [1.29, 1.82) is 0 Å². The van der Waals surface area contributed by atoms with Crippen LogP contribution >= 0.6 is 11.6 Å². The summed E-state index contributed by atoms with van der Waals surface area (Å²) < 4.78 is 41.3. The second kappa shape index (κ2) is 6.56. The number of hydrogen-bond acceptors (Lipinski definition) is 2. The molecule has 0 radical (unpaired) electrons. The van der Waals surface area contributed by atoms with Crippen LogP contribution in [0.3, 0.4) is 0 Å². The summed E-state index contributed by atoms with van der Waals surface area (Å²) in [7, 11) is 0. The monoisotopic (exact) mass is 361 g/mol. The number of carbonyl (C=O) groups is 1. The zero-order valence-electron chi connectivity index (χ0n) is 13.1. The van der Waals surface area contributed by atoms with Crippen molar-refractivity contribution in [1.82, 2.24) is 4.90 Å². The van der Waals surface area contributed by atoms with E-state index in [1.54, 1.807) is 17.0 Å². The number of amides is 1. The largest absolute Gasteiger partial charge is 0.411 e. The first kappa shape index (κ1) is 17.5. The lowest BCUT2D eigenvalue weighted by atomic mass is 9.77. The van der Waals surface area contributed by atoms with Gasteiger partial charge in [0.1, 0.15) is 6.61 Å². The Kier molecular flexibility index (Phi) is 4.80. The molecule has 0 N–H and O–H groups in total. The van der Waals surface area contributed by atoms with E-state index in [2.05, 4.69) is 0 Å². The lowest BCUT2D eigenvalue weighted by Gasteiger charge is -2.44. The van der Waals surface area contributed by atoms with Crippen molar-refractivity contribution in [2.24, 2.45) is 0 Å². The van der Waals surface area contributed by atoms with Gasteiger partial charge in [-0.2, -0.15) is 13.2 Å². The van der Waals surface area contributed by atoms with Crippen molar-refractivity contribution < 1.29 is 22.7 Å². The van der Waals surface area contributed by atoms with Crippen molar-refractivity contribution in [3.8, 4) is 0 Å². The molecular weight excluding hydrogens is 343 g/mol. The van der Waals surface area contributed by atoms with Gasteiger partial charge < -0.3 is 9.64 Å². The molecule has 1 aromatic carbocycles. The maximum Gasteiger partial charge on any atom is 0.411 e. The summed E-state index contributed by atoms with van der Waals surface area (Å²) in [6.07, 6.45) is -1.40. The van der Waals surface area contributed by atoms with E-state index in [-0.39, 0.29) is 19.0 Å². The van der Waals surface area contributed by atoms with Crippen molar-refractivity contribution in [3.05, 3.63) is 34.9 Å². The number of nitrogens with zero attached hydrogens (tertiary/aromatic N) is 1. The highest BCUT2D eigenvalue weighted by atomic mass is 35.5. The fourth-order valence-electron chi connectivity index (χ4n) is 3.60. The summed E-state index contributed by atoms with van der Waals surface area (Å²) in [5.41, 5.74) is 0.369. The normalized spacial score (nSPS) is 20.9. The van der Waals surface area contributed by atoms with E-state index in [1.807, 2.05) is 12.1 Å². The van der Waals surface area contributed by atoms with E-state index in [4.69, 9.17) is 16.3 Å². The predicted molar refractivity (Wildman–Crippen MR) is 84.0 cm³/mol. The first-order valence-electron chi connectivity index (χ1n) is 8.04. The molecule has 7 heteroatoms. The summed E-state index contributed by atoms with van der Waals surface area (Å²) in [5.74, 6) is -0.00539. The van der Waals surface area contributed by atoms with Crippen molar-refractivity contribution in [2.75, 3.05) is 19.7 Å². The highest BCUT2D eigenvalue weighted by molar-refractivity contribution is 6.30. The number of ether oxygens (including phenoxy) is 1. The van der Waals surface area contributed by atoms with E-state index in [9.17, 15) is 18.0 Å². The van der Waals surface area contributed by atoms with Crippen molar-refractivity contribution in [2.45, 2.75) is 43.4 Å². The molecule has 0 unspecified atom stereocenters. The highest BCUT2D eigenvalue weighted by Gasteiger charge is 2.48. The number of carbonyl (C=O) groups excluding carboxylic acids is 1. The van der Waals surface area contributed by atoms with Crippen LogP contribution in [0.1, 0.15) is 31.2 Å². The minimum atomic E-state index is -4.33. The minimum Gasteiger partial charge on any atom is -0.365 e. The zero-order valence-corrected chi connectivity index (χ0v) is 13.9. The molecule has 0 aromatic heterocycles. The molecule has 2 aliphatic rings. The first-order valence-corrected chi connectivity index (χ1v) is 8.42. The van der Waals surface area contributed by atoms with Crippen LogP contribution in [0.25, 0.3) is 0 Å². The van der Waals surface area contributed by atoms with E-state index in [1.165, 1.54) is 0 Å². The van der Waals surface area contributed by atoms with Gasteiger partial charge in [0.05, 0.1) is 11.5 Å². The Morgan fingerprint density at radius 3 is 2.33 bits per heavy atom. The first-order chi connectivity index (χ1) is 11.3. The molecular formula is C17H19ClF3NO2. The minimum absolute atomic E-state index is 0.00539. The van der Waals surface area contributed by atoms with Gasteiger partial charge in [0.2, 0.25) is 5.91 Å². The van der Waals surface area contributed by atoms with E-state index < -0.39 is 24.3 Å². The summed E-state index contributed by atoms with van der Waals surface area (Å²) in [6.45, 7) is -0.809. The molecule has 1 amide bonds. The van der Waals surface area contributed by atoms with E-state index >= 15 is 0 Å². The van der Waals surface area contributed by atoms with Crippen molar-refractivity contribution >= 4 is 17.5 Å². The van der Waals surface area contributed by atoms with Gasteiger partial charge in [-0.25, -0.2) is 0 Å². The van der Waals surface area contributed by atoms with Crippen LogP contribution in [0, 0.1) is 0 Å². The quantitative estimate of drug-likeness (QED) is 0.813. The molecule has 132 valence electrons. The third kappa shape index (κ3) is 3.54. The fourth-order valence-corrected chi connectivity index (χ4v) is 3.72. The summed E-state index contributed by atoms with van der Waals surface area (Å²) in [4.78, 5) is 14.6. The molecule has 24 heavy (non-hydrogen) atoms. The SMILES string of the molecule is O=C(N1CC(OCC(F)(F)F)C1)C1(c2ccc(Cl)cc2)CCCC1. The molecule has 1 saturated carbocycles. The van der Waals surface area contributed by atoms with Crippen LogP contribution in [-0.2, 0) is 14.9 Å². The standard InChI is InChI=1S/C17H19ClF3NO2/c18-13-5-3-12(4-6-13)16(7-1-2-8-16)15(23)22-9-14(10-22)24-11-17(19,20)21/h3-6,14H,1-2,7-11H2. The van der Waals surface area contributed by atoms with Gasteiger partial charge in [0.25, 0.3) is 0 Å². The maximum absolute atomic E-state index is 13.0. The van der Waals surface area contributed by atoms with Crippen LogP contribution in [0.5, 0.6) is 0 Å². The van der Waals surface area contributed by atoms with Gasteiger partial charge in [0, 0.05) is 18.1 Å². The Labute approximate surface area is 143 Å². The highest BCUT2D eigenvalue weighted by Crippen LogP contribution is 2.43. The lowest BCUT2D eigenvalue weighted by Crippen LogP contribution is -2.59. The van der Waals surface area contributed by atoms with Crippen LogP contribution in [0.15, 0.2) is 24.3 Å². The smallest absolute Gasteiger partial charge is 0.365 e. The number of halogens is 4. The summed E-state index contributed by atoms with van der Waals surface area (Å²) >= 11 is 5.93. The van der Waals surface area contributed by atoms with Crippen LogP contribution in [0.2, 0.25) is 5.02 Å². The van der Waals surface area contributed by atoms with Gasteiger partial charge in [-0.15, -0.1) is 0 Å². The number of benzene rings is 1. The molecule has 1 saturated heterocycles. The average Bonchev–Trinajstić information content (AvgIpc) is 2.95. The summed E-state index contributed by atoms with van der Waals surface area (Å²) in [5, 5.41) is 0.615. The number of hydrogen-bond donors (Lipinski definition) is 0. The summed E-state index contributed by atoms with van der Waals surface area (Å²) in [6, 6.07) is 7.30. The molecule has 1 aliphatic carbocycles. The fraction of sp³-hybridized carbons (Fsp3) is 0.588. The van der Waals surface area contributed by atoms with Gasteiger partial charge in [-0.1, -0.05) is 36.6 Å². The lowest BCUT2D eigenvalue weighted by molar-refractivity contribution is -0.201. The Balaban J connectivity index is 1.66. The molecule has 3 rings (SSSR count). The van der Waals surface area contributed by atoms with Crippen LogP contribution in [0.4, 0.5) is 13.2 Å². The molecule has 2 fully saturated rings. The molecule has 0 spiro atoms. The predicted octanol–water partition coefficient (Wildman–Crippen LogP) is 3.94. The third-order valence-corrected chi connectivity index (χ3v) is 5.13. The van der Waals surface area contributed by atoms with Gasteiger partial charge in [-0.3, -0.25) is 4.79 Å². The second-order valence-corrected chi connectivity index (χ2v) is 6.99. The molecule has 1 heterocycles. The van der Waals surface area contributed by atoms with E-state index in [0.29, 0.717) is 5.02 Å². The Morgan fingerprint density at radius 2 is 1.79 bits per heavy atom. The van der Waals surface area contributed by atoms with Gasteiger partial charge in [-0.05, 0) is 30.5 Å². The Bertz CT molecular complexity index is 591. The average molecular weight is 362 g/mol. The molecule has 1 aliphatic heterocycles. The second-order valence-electron chi connectivity index (χ2n) is 6.55. The molecule has 0 atom stereocenters. The number of likely N-dealkylation sites (tertiary alicyclic amines) is 1. The van der Waals surface area contributed by atoms with Crippen LogP contribution in [-0.4, -0.2) is 42.8 Å². The van der Waals surface area contributed by atoms with Gasteiger partial charge >= 0.3 is 6.18 Å². The molecule has 0 bridgehead atoms. The molecule has 3 nitrogen and oxygen atoms in total.